The summed E-state index contributed by atoms with van der Waals surface area (Å²) in [6.45, 7) is 0. The summed E-state index contributed by atoms with van der Waals surface area (Å²) in [5.41, 5.74) is 7.08. The molecule has 2 aromatic rings. The Hall–Kier alpha value is -1.84. The van der Waals surface area contributed by atoms with Gasteiger partial charge in [0.25, 0.3) is 0 Å². The molecule has 2 heterocycles. The second kappa shape index (κ2) is 2.65. The van der Waals surface area contributed by atoms with Crippen molar-refractivity contribution >= 4 is 5.69 Å². The molecule has 4 heteroatoms. The molecule has 0 unspecified atom stereocenters. The number of pyridine rings is 1. The first kappa shape index (κ1) is 6.84. The third-order valence-corrected chi connectivity index (χ3v) is 1.55. The van der Waals surface area contributed by atoms with Crippen LogP contribution in [0.4, 0.5) is 5.69 Å². The summed E-state index contributed by atoms with van der Waals surface area (Å²) in [5, 5.41) is 0. The van der Waals surface area contributed by atoms with Gasteiger partial charge in [-0.3, -0.25) is 4.98 Å². The van der Waals surface area contributed by atoms with Gasteiger partial charge in [-0.15, -0.1) is 0 Å². The SMILES string of the molecule is Nc1cnccc1-c1cnco1. The van der Waals surface area contributed by atoms with Crippen molar-refractivity contribution in [1.82, 2.24) is 9.97 Å². The number of hydrogen-bond donors (Lipinski definition) is 1. The first-order valence-electron chi connectivity index (χ1n) is 3.46. The van der Waals surface area contributed by atoms with E-state index in [1.54, 1.807) is 24.7 Å². The van der Waals surface area contributed by atoms with E-state index in [1.165, 1.54) is 6.39 Å². The smallest absolute Gasteiger partial charge is 0.181 e. The van der Waals surface area contributed by atoms with E-state index in [1.807, 2.05) is 0 Å². The molecule has 60 valence electrons. The first-order chi connectivity index (χ1) is 5.88. The minimum absolute atomic E-state index is 0.592. The first-order valence-corrected chi connectivity index (χ1v) is 3.46. The molecule has 0 atom stereocenters. The van der Waals surface area contributed by atoms with Crippen molar-refractivity contribution in [2.75, 3.05) is 5.73 Å². The fourth-order valence-corrected chi connectivity index (χ4v) is 0.980. The molecule has 0 saturated carbocycles. The van der Waals surface area contributed by atoms with Crippen LogP contribution in [-0.2, 0) is 0 Å². The fraction of sp³-hybridized carbons (Fsp3) is 0. The number of nitrogen functional groups attached to an aromatic ring is 1. The number of nitrogens with two attached hydrogens (primary N) is 1. The standard InChI is InChI=1S/C8H7N3O/c9-7-3-10-2-1-6(7)8-4-11-5-12-8/h1-5H,9H2. The van der Waals surface area contributed by atoms with Crippen LogP contribution < -0.4 is 5.73 Å². The lowest BCUT2D eigenvalue weighted by atomic mass is 10.2. The van der Waals surface area contributed by atoms with E-state index >= 15 is 0 Å². The van der Waals surface area contributed by atoms with Crippen LogP contribution in [0.2, 0.25) is 0 Å². The van der Waals surface area contributed by atoms with Crippen molar-refractivity contribution in [2.45, 2.75) is 0 Å². The predicted octanol–water partition coefficient (Wildman–Crippen LogP) is 1.32. The lowest BCUT2D eigenvalue weighted by Crippen LogP contribution is -1.89. The maximum atomic E-state index is 5.66. The van der Waals surface area contributed by atoms with Crippen molar-refractivity contribution in [3.63, 3.8) is 0 Å². The normalized spacial score (nSPS) is 10.0. The maximum Gasteiger partial charge on any atom is 0.181 e. The van der Waals surface area contributed by atoms with Crippen molar-refractivity contribution in [3.05, 3.63) is 31.1 Å². The highest BCUT2D eigenvalue weighted by Crippen LogP contribution is 2.23. The van der Waals surface area contributed by atoms with Gasteiger partial charge in [0.05, 0.1) is 18.1 Å². The summed E-state index contributed by atoms with van der Waals surface area (Å²) in [4.78, 5) is 7.66. The van der Waals surface area contributed by atoms with Crippen LogP contribution in [0.1, 0.15) is 0 Å². The van der Waals surface area contributed by atoms with Gasteiger partial charge in [0.1, 0.15) is 0 Å². The van der Waals surface area contributed by atoms with Gasteiger partial charge >= 0.3 is 0 Å². The molecule has 0 spiro atoms. The van der Waals surface area contributed by atoms with Gasteiger partial charge in [-0.2, -0.15) is 0 Å². The Morgan fingerprint density at radius 1 is 1.25 bits per heavy atom. The van der Waals surface area contributed by atoms with E-state index in [9.17, 15) is 0 Å². The fourth-order valence-electron chi connectivity index (χ4n) is 0.980. The molecule has 0 aliphatic rings. The van der Waals surface area contributed by atoms with Gasteiger partial charge in [0, 0.05) is 11.8 Å². The van der Waals surface area contributed by atoms with Crippen LogP contribution in [0.5, 0.6) is 0 Å². The Labute approximate surface area is 69.1 Å². The number of rotatable bonds is 1. The highest BCUT2D eigenvalue weighted by molar-refractivity contribution is 5.70. The molecule has 12 heavy (non-hydrogen) atoms. The molecule has 0 saturated heterocycles. The highest BCUT2D eigenvalue weighted by Gasteiger charge is 2.03. The Kier molecular flexibility index (Phi) is 1.51. The second-order valence-corrected chi connectivity index (χ2v) is 2.33. The molecule has 0 aromatic carbocycles. The van der Waals surface area contributed by atoms with E-state index < -0.39 is 0 Å². The van der Waals surface area contributed by atoms with Crippen molar-refractivity contribution in [2.24, 2.45) is 0 Å². The minimum Gasteiger partial charge on any atom is -0.443 e. The second-order valence-electron chi connectivity index (χ2n) is 2.33. The molecule has 0 aliphatic carbocycles. The molecule has 2 rings (SSSR count). The Bertz CT molecular complexity index is 370. The lowest BCUT2D eigenvalue weighted by Gasteiger charge is -1.98. The van der Waals surface area contributed by atoms with Gasteiger partial charge in [-0.05, 0) is 6.07 Å². The quantitative estimate of drug-likeness (QED) is 0.685. The van der Waals surface area contributed by atoms with E-state index in [-0.39, 0.29) is 0 Å². The minimum atomic E-state index is 0.592. The number of aromatic nitrogens is 2. The number of oxazole rings is 1. The summed E-state index contributed by atoms with van der Waals surface area (Å²) in [6, 6.07) is 1.79. The Morgan fingerprint density at radius 2 is 2.17 bits per heavy atom. The number of nitrogens with zero attached hydrogens (tertiary/aromatic N) is 2. The molecule has 2 N–H and O–H groups in total. The monoisotopic (exact) mass is 161 g/mol. The van der Waals surface area contributed by atoms with Crippen LogP contribution in [0.3, 0.4) is 0 Å². The summed E-state index contributed by atoms with van der Waals surface area (Å²) in [5.74, 6) is 0.662. The van der Waals surface area contributed by atoms with Crippen LogP contribution in [0, 0.1) is 0 Å². The largest absolute Gasteiger partial charge is 0.443 e. The van der Waals surface area contributed by atoms with E-state index in [2.05, 4.69) is 9.97 Å². The molecular formula is C8H7N3O. The zero-order valence-corrected chi connectivity index (χ0v) is 6.27. The van der Waals surface area contributed by atoms with Crippen molar-refractivity contribution in [1.29, 1.82) is 0 Å². The van der Waals surface area contributed by atoms with Gasteiger partial charge in [-0.1, -0.05) is 0 Å². The van der Waals surface area contributed by atoms with E-state index in [0.29, 0.717) is 11.4 Å². The van der Waals surface area contributed by atoms with Gasteiger partial charge < -0.3 is 10.2 Å². The summed E-state index contributed by atoms with van der Waals surface area (Å²) in [6.07, 6.45) is 6.23. The maximum absolute atomic E-state index is 5.66. The van der Waals surface area contributed by atoms with Crippen LogP contribution >= 0.6 is 0 Å². The Morgan fingerprint density at radius 3 is 2.83 bits per heavy atom. The van der Waals surface area contributed by atoms with Crippen molar-refractivity contribution < 1.29 is 4.42 Å². The summed E-state index contributed by atoms with van der Waals surface area (Å²) in [7, 11) is 0. The molecule has 0 aliphatic heterocycles. The summed E-state index contributed by atoms with van der Waals surface area (Å²) < 4.78 is 5.08. The van der Waals surface area contributed by atoms with E-state index in [4.69, 9.17) is 10.2 Å². The van der Waals surface area contributed by atoms with E-state index in [0.717, 1.165) is 5.56 Å². The van der Waals surface area contributed by atoms with Crippen molar-refractivity contribution in [3.8, 4) is 11.3 Å². The molecule has 0 radical (unpaired) electrons. The third kappa shape index (κ3) is 1.03. The van der Waals surface area contributed by atoms with Gasteiger partial charge in [0.15, 0.2) is 12.2 Å². The van der Waals surface area contributed by atoms with Gasteiger partial charge in [0.2, 0.25) is 0 Å². The molecule has 0 fully saturated rings. The van der Waals surface area contributed by atoms with Crippen LogP contribution in [0.15, 0.2) is 35.5 Å². The molecule has 0 amide bonds. The zero-order valence-electron chi connectivity index (χ0n) is 6.27. The number of hydrogen-bond acceptors (Lipinski definition) is 4. The highest BCUT2D eigenvalue weighted by atomic mass is 16.3. The average Bonchev–Trinajstić information content (AvgIpc) is 2.57. The topological polar surface area (TPSA) is 64.9 Å². The van der Waals surface area contributed by atoms with Gasteiger partial charge in [-0.25, -0.2) is 4.98 Å². The third-order valence-electron chi connectivity index (χ3n) is 1.55. The zero-order chi connectivity index (χ0) is 8.39. The predicted molar refractivity (Wildman–Crippen MR) is 44.1 cm³/mol. The molecule has 0 bridgehead atoms. The van der Waals surface area contributed by atoms with Crippen LogP contribution in [-0.4, -0.2) is 9.97 Å². The molecule has 4 nitrogen and oxygen atoms in total. The lowest BCUT2D eigenvalue weighted by molar-refractivity contribution is 0.572. The summed E-state index contributed by atoms with van der Waals surface area (Å²) >= 11 is 0. The number of anilines is 1. The Balaban J connectivity index is 2.55. The van der Waals surface area contributed by atoms with Crippen LogP contribution in [0.25, 0.3) is 11.3 Å². The average molecular weight is 161 g/mol. The molecular weight excluding hydrogens is 154 g/mol. The molecule has 2 aromatic heterocycles.